The lowest BCUT2D eigenvalue weighted by Gasteiger charge is -2.09. The van der Waals surface area contributed by atoms with Gasteiger partial charge in [0.05, 0.1) is 22.8 Å². The van der Waals surface area contributed by atoms with Gasteiger partial charge in [0.25, 0.3) is 0 Å². The van der Waals surface area contributed by atoms with E-state index in [1.807, 2.05) is 24.3 Å². The first-order chi connectivity index (χ1) is 9.34. The third-order valence-electron chi connectivity index (χ3n) is 2.77. The van der Waals surface area contributed by atoms with Crippen LogP contribution in [0.25, 0.3) is 10.9 Å². The molecule has 0 fully saturated rings. The van der Waals surface area contributed by atoms with Crippen LogP contribution in [0.4, 0.5) is 5.69 Å². The van der Waals surface area contributed by atoms with Gasteiger partial charge in [0.2, 0.25) is 0 Å². The number of benzene rings is 1. The maximum absolute atomic E-state index is 6.15. The molecule has 1 N–H and O–H groups in total. The van der Waals surface area contributed by atoms with Crippen molar-refractivity contribution in [2.75, 3.05) is 5.32 Å². The Balaban J connectivity index is 1.91. The van der Waals surface area contributed by atoms with E-state index in [0.29, 0.717) is 11.6 Å². The Morgan fingerprint density at radius 3 is 2.58 bits per heavy atom. The fraction of sp³-hybridized carbons (Fsp3) is 0.0714. The molecule has 3 rings (SSSR count). The summed E-state index contributed by atoms with van der Waals surface area (Å²) < 4.78 is 0. The molecule has 0 bridgehead atoms. The molecule has 0 amide bonds. The van der Waals surface area contributed by atoms with E-state index in [-0.39, 0.29) is 0 Å². The summed E-state index contributed by atoms with van der Waals surface area (Å²) in [4.78, 5) is 12.7. The van der Waals surface area contributed by atoms with Crippen LogP contribution < -0.4 is 5.32 Å². The van der Waals surface area contributed by atoms with E-state index in [9.17, 15) is 0 Å². The van der Waals surface area contributed by atoms with Gasteiger partial charge in [-0.25, -0.2) is 9.97 Å². The maximum atomic E-state index is 6.15. The van der Waals surface area contributed by atoms with Gasteiger partial charge in [-0.1, -0.05) is 11.6 Å². The highest BCUT2D eigenvalue weighted by molar-refractivity contribution is 6.35. The van der Waals surface area contributed by atoms with Crippen LogP contribution in [0, 0.1) is 0 Å². The molecule has 0 saturated heterocycles. The molecule has 0 saturated carbocycles. The van der Waals surface area contributed by atoms with Crippen LogP contribution in [-0.2, 0) is 6.54 Å². The molecular weight excluding hydrogens is 260 g/mol. The Bertz CT molecular complexity index is 700. The number of hydrogen-bond donors (Lipinski definition) is 1. The van der Waals surface area contributed by atoms with Crippen molar-refractivity contribution < 1.29 is 0 Å². The second-order valence-electron chi connectivity index (χ2n) is 4.01. The highest BCUT2D eigenvalue weighted by Crippen LogP contribution is 2.27. The van der Waals surface area contributed by atoms with E-state index < -0.39 is 0 Å². The SMILES string of the molecule is Clc1ccc(NCc2ncccn2)c2ncccc12. The van der Waals surface area contributed by atoms with Crippen LogP contribution in [-0.4, -0.2) is 15.0 Å². The van der Waals surface area contributed by atoms with E-state index in [0.717, 1.165) is 22.4 Å². The summed E-state index contributed by atoms with van der Waals surface area (Å²) >= 11 is 6.15. The summed E-state index contributed by atoms with van der Waals surface area (Å²) in [6.07, 6.45) is 5.20. The second-order valence-corrected chi connectivity index (χ2v) is 4.42. The van der Waals surface area contributed by atoms with Gasteiger partial charge >= 0.3 is 0 Å². The van der Waals surface area contributed by atoms with Crippen molar-refractivity contribution in [3.63, 3.8) is 0 Å². The Morgan fingerprint density at radius 2 is 1.74 bits per heavy atom. The van der Waals surface area contributed by atoms with Crippen molar-refractivity contribution >= 4 is 28.2 Å². The molecule has 94 valence electrons. The molecule has 0 aliphatic rings. The number of halogens is 1. The van der Waals surface area contributed by atoms with E-state index in [1.54, 1.807) is 24.7 Å². The molecule has 19 heavy (non-hydrogen) atoms. The van der Waals surface area contributed by atoms with Crippen LogP contribution in [0.3, 0.4) is 0 Å². The number of nitrogens with one attached hydrogen (secondary N) is 1. The molecule has 3 aromatic rings. The van der Waals surface area contributed by atoms with E-state index in [1.165, 1.54) is 0 Å². The van der Waals surface area contributed by atoms with Gasteiger partial charge in [0, 0.05) is 24.0 Å². The Kier molecular flexibility index (Phi) is 3.25. The lowest BCUT2D eigenvalue weighted by Crippen LogP contribution is -2.04. The predicted octanol–water partition coefficient (Wildman–Crippen LogP) is 3.29. The lowest BCUT2D eigenvalue weighted by molar-refractivity contribution is 0.949. The van der Waals surface area contributed by atoms with Gasteiger partial charge in [-0.3, -0.25) is 4.98 Å². The van der Waals surface area contributed by atoms with Crippen molar-refractivity contribution in [3.8, 4) is 0 Å². The van der Waals surface area contributed by atoms with Gasteiger partial charge in [-0.15, -0.1) is 0 Å². The monoisotopic (exact) mass is 270 g/mol. The van der Waals surface area contributed by atoms with Gasteiger partial charge in [0.1, 0.15) is 5.82 Å². The summed E-state index contributed by atoms with van der Waals surface area (Å²) in [5, 5.41) is 4.92. The Hall–Kier alpha value is -2.20. The minimum absolute atomic E-state index is 0.550. The van der Waals surface area contributed by atoms with E-state index >= 15 is 0 Å². The standard InChI is InChI=1S/C14H11ClN4/c15-11-4-5-12(14-10(11)3-1-6-18-14)19-9-13-16-7-2-8-17-13/h1-8,19H,9H2. The van der Waals surface area contributed by atoms with Crippen molar-refractivity contribution in [2.45, 2.75) is 6.54 Å². The van der Waals surface area contributed by atoms with E-state index in [4.69, 9.17) is 11.6 Å². The average Bonchev–Trinajstić information content (AvgIpc) is 2.48. The van der Waals surface area contributed by atoms with Crippen LogP contribution in [0.1, 0.15) is 5.82 Å². The third kappa shape index (κ3) is 2.48. The number of hydrogen-bond acceptors (Lipinski definition) is 4. The Morgan fingerprint density at radius 1 is 0.947 bits per heavy atom. The number of pyridine rings is 1. The normalized spacial score (nSPS) is 10.6. The van der Waals surface area contributed by atoms with Crippen LogP contribution in [0.15, 0.2) is 48.9 Å². The van der Waals surface area contributed by atoms with Crippen LogP contribution in [0.5, 0.6) is 0 Å². The molecule has 2 aromatic heterocycles. The minimum atomic E-state index is 0.550. The predicted molar refractivity (Wildman–Crippen MR) is 76.1 cm³/mol. The summed E-state index contributed by atoms with van der Waals surface area (Å²) in [5.41, 5.74) is 1.78. The second kappa shape index (κ2) is 5.20. The van der Waals surface area contributed by atoms with Crippen molar-refractivity contribution in [1.29, 1.82) is 0 Å². The maximum Gasteiger partial charge on any atom is 0.147 e. The van der Waals surface area contributed by atoms with Crippen molar-refractivity contribution in [1.82, 2.24) is 15.0 Å². The first kappa shape index (κ1) is 11.9. The third-order valence-corrected chi connectivity index (χ3v) is 3.10. The zero-order valence-electron chi connectivity index (χ0n) is 10.0. The van der Waals surface area contributed by atoms with Crippen molar-refractivity contribution in [2.24, 2.45) is 0 Å². The number of fused-ring (bicyclic) bond motifs is 1. The molecule has 0 radical (unpaired) electrons. The molecule has 0 atom stereocenters. The first-order valence-corrected chi connectivity index (χ1v) is 6.25. The molecule has 1 aromatic carbocycles. The number of rotatable bonds is 3. The molecule has 5 heteroatoms. The molecule has 4 nitrogen and oxygen atoms in total. The molecule has 0 aliphatic carbocycles. The highest BCUT2D eigenvalue weighted by atomic mass is 35.5. The van der Waals surface area contributed by atoms with Crippen LogP contribution >= 0.6 is 11.6 Å². The zero-order chi connectivity index (χ0) is 13.1. The highest BCUT2D eigenvalue weighted by Gasteiger charge is 2.05. The van der Waals surface area contributed by atoms with Gasteiger partial charge in [-0.2, -0.15) is 0 Å². The summed E-state index contributed by atoms with van der Waals surface area (Å²) in [5.74, 6) is 0.738. The topological polar surface area (TPSA) is 50.7 Å². The van der Waals surface area contributed by atoms with Crippen LogP contribution in [0.2, 0.25) is 5.02 Å². The van der Waals surface area contributed by atoms with E-state index in [2.05, 4.69) is 20.3 Å². The van der Waals surface area contributed by atoms with Gasteiger partial charge < -0.3 is 5.32 Å². The molecular formula is C14H11ClN4. The van der Waals surface area contributed by atoms with Crippen molar-refractivity contribution in [3.05, 3.63) is 59.8 Å². The van der Waals surface area contributed by atoms with Gasteiger partial charge in [-0.05, 0) is 30.3 Å². The largest absolute Gasteiger partial charge is 0.376 e. The molecule has 0 aliphatic heterocycles. The fourth-order valence-electron chi connectivity index (χ4n) is 1.88. The molecule has 0 spiro atoms. The minimum Gasteiger partial charge on any atom is -0.376 e. The Labute approximate surface area is 115 Å². The molecule has 2 heterocycles. The average molecular weight is 271 g/mol. The zero-order valence-corrected chi connectivity index (χ0v) is 10.8. The smallest absolute Gasteiger partial charge is 0.147 e. The lowest BCUT2D eigenvalue weighted by atomic mass is 10.2. The number of aromatic nitrogens is 3. The number of nitrogens with zero attached hydrogens (tertiary/aromatic N) is 3. The summed E-state index contributed by atoms with van der Waals surface area (Å²) in [6.45, 7) is 0.550. The molecule has 0 unspecified atom stereocenters. The number of anilines is 1. The summed E-state index contributed by atoms with van der Waals surface area (Å²) in [6, 6.07) is 9.40. The summed E-state index contributed by atoms with van der Waals surface area (Å²) in [7, 11) is 0. The fourth-order valence-corrected chi connectivity index (χ4v) is 2.09. The first-order valence-electron chi connectivity index (χ1n) is 5.87. The quantitative estimate of drug-likeness (QED) is 0.793. The van der Waals surface area contributed by atoms with Gasteiger partial charge in [0.15, 0.2) is 0 Å².